The lowest BCUT2D eigenvalue weighted by Crippen LogP contribution is -2.25. The molecule has 3 rings (SSSR count). The van der Waals surface area contributed by atoms with E-state index in [4.69, 9.17) is 0 Å². The molecular weight excluding hydrogens is 310 g/mol. The number of anilines is 2. The summed E-state index contributed by atoms with van der Waals surface area (Å²) >= 11 is 1.44. The molecular formula is C17H17N3O2S. The predicted molar refractivity (Wildman–Crippen MR) is 92.1 cm³/mol. The Morgan fingerprint density at radius 2 is 2.13 bits per heavy atom. The summed E-state index contributed by atoms with van der Waals surface area (Å²) in [6.07, 6.45) is 4.38. The first kappa shape index (κ1) is 15.6. The van der Waals surface area contributed by atoms with Crippen molar-refractivity contribution >= 4 is 35.0 Å². The van der Waals surface area contributed by atoms with Crippen LogP contribution in [0.2, 0.25) is 0 Å². The van der Waals surface area contributed by atoms with Crippen LogP contribution in [-0.4, -0.2) is 29.6 Å². The molecule has 0 radical (unpaired) electrons. The van der Waals surface area contributed by atoms with Gasteiger partial charge in [0.05, 0.1) is 5.56 Å². The Hall–Kier alpha value is -2.34. The molecule has 0 atom stereocenters. The van der Waals surface area contributed by atoms with E-state index in [-0.39, 0.29) is 11.8 Å². The fourth-order valence-corrected chi connectivity index (χ4v) is 3.28. The number of hydrogen-bond donors (Lipinski definition) is 1. The molecule has 1 aliphatic heterocycles. The smallest absolute Gasteiger partial charge is 0.258 e. The van der Waals surface area contributed by atoms with E-state index in [0.717, 1.165) is 23.4 Å². The highest BCUT2D eigenvalue weighted by molar-refractivity contribution is 7.98. The van der Waals surface area contributed by atoms with Gasteiger partial charge in [-0.15, -0.1) is 11.8 Å². The van der Waals surface area contributed by atoms with Crippen molar-refractivity contribution in [3.63, 3.8) is 0 Å². The lowest BCUT2D eigenvalue weighted by molar-refractivity contribution is -0.116. The molecule has 23 heavy (non-hydrogen) atoms. The summed E-state index contributed by atoms with van der Waals surface area (Å²) in [6, 6.07) is 9.16. The minimum Gasteiger partial charge on any atom is -0.322 e. The van der Waals surface area contributed by atoms with Crippen molar-refractivity contribution in [2.24, 2.45) is 0 Å². The van der Waals surface area contributed by atoms with Gasteiger partial charge in [-0.1, -0.05) is 0 Å². The fourth-order valence-electron chi connectivity index (χ4n) is 2.73. The standard InChI is InChI=1S/C17H17N3O2S/c1-11(21)20-9-7-12-10-13(5-6-15(12)20)19-16(22)14-4-3-8-18-17(14)23-2/h3-6,8,10H,7,9H2,1-2H3,(H,19,22). The molecule has 1 aliphatic rings. The molecule has 1 aromatic carbocycles. The van der Waals surface area contributed by atoms with Crippen LogP contribution >= 0.6 is 11.8 Å². The second-order valence-corrected chi connectivity index (χ2v) is 6.07. The average Bonchev–Trinajstić information content (AvgIpc) is 2.98. The number of nitrogens with one attached hydrogen (secondary N) is 1. The molecule has 0 bridgehead atoms. The molecule has 0 fully saturated rings. The molecule has 2 aromatic rings. The van der Waals surface area contributed by atoms with Crippen LogP contribution in [0.1, 0.15) is 22.8 Å². The molecule has 5 nitrogen and oxygen atoms in total. The Morgan fingerprint density at radius 1 is 1.30 bits per heavy atom. The van der Waals surface area contributed by atoms with Crippen molar-refractivity contribution in [2.75, 3.05) is 23.0 Å². The number of fused-ring (bicyclic) bond motifs is 1. The molecule has 1 N–H and O–H groups in total. The average molecular weight is 327 g/mol. The highest BCUT2D eigenvalue weighted by Gasteiger charge is 2.22. The second-order valence-electron chi connectivity index (χ2n) is 5.28. The van der Waals surface area contributed by atoms with E-state index in [9.17, 15) is 9.59 Å². The number of carbonyl (C=O) groups excluding carboxylic acids is 2. The van der Waals surface area contributed by atoms with E-state index in [1.54, 1.807) is 30.2 Å². The topological polar surface area (TPSA) is 62.3 Å². The highest BCUT2D eigenvalue weighted by Crippen LogP contribution is 2.30. The van der Waals surface area contributed by atoms with Crippen LogP contribution in [0.3, 0.4) is 0 Å². The number of nitrogens with zero attached hydrogens (tertiary/aromatic N) is 2. The van der Waals surface area contributed by atoms with Gasteiger partial charge in [-0.25, -0.2) is 4.98 Å². The zero-order valence-electron chi connectivity index (χ0n) is 13.0. The molecule has 0 saturated carbocycles. The highest BCUT2D eigenvalue weighted by atomic mass is 32.2. The summed E-state index contributed by atoms with van der Waals surface area (Å²) < 4.78 is 0. The van der Waals surface area contributed by atoms with E-state index >= 15 is 0 Å². The maximum Gasteiger partial charge on any atom is 0.258 e. The Bertz CT molecular complexity index is 776. The molecule has 0 aliphatic carbocycles. The van der Waals surface area contributed by atoms with E-state index in [1.165, 1.54) is 11.8 Å². The number of hydrogen-bond acceptors (Lipinski definition) is 4. The van der Waals surface area contributed by atoms with Gasteiger partial charge in [-0.2, -0.15) is 0 Å². The van der Waals surface area contributed by atoms with Gasteiger partial charge in [0.2, 0.25) is 5.91 Å². The zero-order valence-corrected chi connectivity index (χ0v) is 13.8. The van der Waals surface area contributed by atoms with Crippen molar-refractivity contribution in [2.45, 2.75) is 18.4 Å². The first-order valence-electron chi connectivity index (χ1n) is 7.31. The lowest BCUT2D eigenvalue weighted by atomic mass is 10.1. The number of carbonyl (C=O) groups is 2. The first-order valence-corrected chi connectivity index (χ1v) is 8.54. The van der Waals surface area contributed by atoms with E-state index in [2.05, 4.69) is 10.3 Å². The van der Waals surface area contributed by atoms with Gasteiger partial charge in [0, 0.05) is 31.0 Å². The summed E-state index contributed by atoms with van der Waals surface area (Å²) in [4.78, 5) is 30.0. The zero-order chi connectivity index (χ0) is 16.4. The number of amides is 2. The van der Waals surface area contributed by atoms with E-state index in [0.29, 0.717) is 17.1 Å². The second kappa shape index (κ2) is 6.42. The molecule has 2 heterocycles. The number of pyridine rings is 1. The maximum absolute atomic E-state index is 12.4. The summed E-state index contributed by atoms with van der Waals surface area (Å²) in [7, 11) is 0. The van der Waals surface area contributed by atoms with Crippen molar-refractivity contribution in [1.82, 2.24) is 4.98 Å². The number of benzene rings is 1. The van der Waals surface area contributed by atoms with Crippen molar-refractivity contribution in [3.8, 4) is 0 Å². The number of aromatic nitrogens is 1. The first-order chi connectivity index (χ1) is 11.1. The van der Waals surface area contributed by atoms with Gasteiger partial charge in [0.15, 0.2) is 0 Å². The summed E-state index contributed by atoms with van der Waals surface area (Å²) in [5.74, 6) is -0.135. The van der Waals surface area contributed by atoms with Gasteiger partial charge < -0.3 is 10.2 Å². The Kier molecular flexibility index (Phi) is 4.34. The minimum absolute atomic E-state index is 0.0421. The van der Waals surface area contributed by atoms with Crippen LogP contribution in [-0.2, 0) is 11.2 Å². The number of thioether (sulfide) groups is 1. The van der Waals surface area contributed by atoms with Crippen LogP contribution in [0, 0.1) is 0 Å². The van der Waals surface area contributed by atoms with Gasteiger partial charge in [-0.05, 0) is 48.6 Å². The number of rotatable bonds is 3. The van der Waals surface area contributed by atoms with Gasteiger partial charge in [-0.3, -0.25) is 9.59 Å². The summed E-state index contributed by atoms with van der Waals surface area (Å²) in [5, 5.41) is 3.61. The quantitative estimate of drug-likeness (QED) is 0.881. The lowest BCUT2D eigenvalue weighted by Gasteiger charge is -2.15. The molecule has 0 unspecified atom stereocenters. The van der Waals surface area contributed by atoms with Gasteiger partial charge >= 0.3 is 0 Å². The monoisotopic (exact) mass is 327 g/mol. The predicted octanol–water partition coefficient (Wildman–Crippen LogP) is 2.96. The Labute approximate surface area is 139 Å². The third kappa shape index (κ3) is 3.07. The third-order valence-corrected chi connectivity index (χ3v) is 4.53. The van der Waals surface area contributed by atoms with Gasteiger partial charge in [0.1, 0.15) is 5.03 Å². The van der Waals surface area contributed by atoms with Crippen LogP contribution < -0.4 is 10.2 Å². The van der Waals surface area contributed by atoms with Crippen LogP contribution in [0.5, 0.6) is 0 Å². The van der Waals surface area contributed by atoms with E-state index < -0.39 is 0 Å². The van der Waals surface area contributed by atoms with Crippen LogP contribution in [0.15, 0.2) is 41.6 Å². The summed E-state index contributed by atoms with van der Waals surface area (Å²) in [6.45, 7) is 2.26. The Morgan fingerprint density at radius 3 is 2.87 bits per heavy atom. The fraction of sp³-hybridized carbons (Fsp3) is 0.235. The Balaban J connectivity index is 1.82. The van der Waals surface area contributed by atoms with Crippen LogP contribution in [0.25, 0.3) is 0 Å². The van der Waals surface area contributed by atoms with Crippen molar-refractivity contribution in [3.05, 3.63) is 47.7 Å². The maximum atomic E-state index is 12.4. The van der Waals surface area contributed by atoms with Gasteiger partial charge in [0.25, 0.3) is 5.91 Å². The van der Waals surface area contributed by atoms with Crippen molar-refractivity contribution < 1.29 is 9.59 Å². The van der Waals surface area contributed by atoms with Crippen molar-refractivity contribution in [1.29, 1.82) is 0 Å². The molecule has 6 heteroatoms. The molecule has 0 saturated heterocycles. The van der Waals surface area contributed by atoms with E-state index in [1.807, 2.05) is 24.5 Å². The minimum atomic E-state index is -0.177. The largest absolute Gasteiger partial charge is 0.322 e. The molecule has 118 valence electrons. The third-order valence-electron chi connectivity index (χ3n) is 3.82. The normalized spacial score (nSPS) is 12.9. The summed E-state index contributed by atoms with van der Waals surface area (Å²) in [5.41, 5.74) is 3.30. The molecule has 2 amide bonds. The molecule has 1 aromatic heterocycles. The SMILES string of the molecule is CSc1ncccc1C(=O)Nc1ccc2c(c1)CCN2C(C)=O. The molecule has 0 spiro atoms. The van der Waals surface area contributed by atoms with Crippen LogP contribution in [0.4, 0.5) is 11.4 Å².